The lowest BCUT2D eigenvalue weighted by Gasteiger charge is -2.27. The van der Waals surface area contributed by atoms with Crippen LogP contribution >= 0.6 is 0 Å². The summed E-state index contributed by atoms with van der Waals surface area (Å²) in [7, 11) is 0. The van der Waals surface area contributed by atoms with Crippen LogP contribution in [0.2, 0.25) is 0 Å². The summed E-state index contributed by atoms with van der Waals surface area (Å²) in [5.41, 5.74) is -0.720. The number of hydrogen-bond donors (Lipinski definition) is 0. The Morgan fingerprint density at radius 2 is 2.05 bits per heavy atom. The first-order valence-electron chi connectivity index (χ1n) is 6.87. The number of carbonyl (C=O) groups is 2. The van der Waals surface area contributed by atoms with E-state index in [0.29, 0.717) is 26.3 Å². The van der Waals surface area contributed by atoms with Crippen molar-refractivity contribution in [1.82, 2.24) is 4.90 Å². The van der Waals surface area contributed by atoms with Crippen LogP contribution in [0.1, 0.15) is 27.6 Å². The second-order valence-corrected chi connectivity index (χ2v) is 4.58. The highest BCUT2D eigenvalue weighted by Gasteiger charge is 2.31. The SMILES string of the molecule is CCOC(=O)c1cccc([N+](=O)[O-])c1C(=O)N1CCOCC1. The Balaban J connectivity index is 2.47. The summed E-state index contributed by atoms with van der Waals surface area (Å²) in [6.45, 7) is 3.12. The Hall–Kier alpha value is -2.48. The summed E-state index contributed by atoms with van der Waals surface area (Å²) in [5, 5.41) is 11.2. The minimum absolute atomic E-state index is 0.0902. The van der Waals surface area contributed by atoms with Crippen molar-refractivity contribution in [1.29, 1.82) is 0 Å². The number of amides is 1. The van der Waals surface area contributed by atoms with Crippen LogP contribution in [0.4, 0.5) is 5.69 Å². The summed E-state index contributed by atoms with van der Waals surface area (Å²) in [5.74, 6) is -1.30. The van der Waals surface area contributed by atoms with Gasteiger partial charge in [-0.05, 0) is 13.0 Å². The predicted molar refractivity (Wildman–Crippen MR) is 75.8 cm³/mol. The largest absolute Gasteiger partial charge is 0.462 e. The molecule has 118 valence electrons. The van der Waals surface area contributed by atoms with Gasteiger partial charge in [-0.1, -0.05) is 6.07 Å². The van der Waals surface area contributed by atoms with E-state index >= 15 is 0 Å². The van der Waals surface area contributed by atoms with Crippen molar-refractivity contribution in [2.75, 3.05) is 32.9 Å². The second kappa shape index (κ2) is 6.99. The van der Waals surface area contributed by atoms with Gasteiger partial charge >= 0.3 is 5.97 Å². The van der Waals surface area contributed by atoms with Gasteiger partial charge in [0, 0.05) is 19.2 Å². The molecule has 1 aliphatic heterocycles. The van der Waals surface area contributed by atoms with Crippen LogP contribution in [0.3, 0.4) is 0 Å². The Bertz CT molecular complexity index is 595. The van der Waals surface area contributed by atoms with Crippen LogP contribution in [-0.2, 0) is 9.47 Å². The van der Waals surface area contributed by atoms with Crippen LogP contribution in [0, 0.1) is 10.1 Å². The maximum atomic E-state index is 12.6. The van der Waals surface area contributed by atoms with Gasteiger partial charge in [0.25, 0.3) is 11.6 Å². The molecule has 1 fully saturated rings. The molecule has 2 rings (SSSR count). The van der Waals surface area contributed by atoms with E-state index < -0.39 is 22.5 Å². The molecule has 1 amide bonds. The predicted octanol–water partition coefficient (Wildman–Crippen LogP) is 1.24. The van der Waals surface area contributed by atoms with Gasteiger partial charge in [-0.3, -0.25) is 14.9 Å². The average Bonchev–Trinajstić information content (AvgIpc) is 2.54. The maximum absolute atomic E-state index is 12.6. The number of hydrogen-bond acceptors (Lipinski definition) is 6. The fourth-order valence-electron chi connectivity index (χ4n) is 2.22. The molecule has 0 bridgehead atoms. The molecule has 0 aromatic heterocycles. The number of benzene rings is 1. The van der Waals surface area contributed by atoms with Gasteiger partial charge in [0.1, 0.15) is 5.56 Å². The van der Waals surface area contributed by atoms with Gasteiger partial charge in [0.05, 0.1) is 30.3 Å². The van der Waals surface area contributed by atoms with Crippen LogP contribution < -0.4 is 0 Å². The zero-order valence-corrected chi connectivity index (χ0v) is 12.1. The molecule has 1 aromatic rings. The van der Waals surface area contributed by atoms with E-state index in [1.165, 1.54) is 23.1 Å². The van der Waals surface area contributed by atoms with Gasteiger partial charge in [-0.15, -0.1) is 0 Å². The average molecular weight is 308 g/mol. The van der Waals surface area contributed by atoms with E-state index in [9.17, 15) is 19.7 Å². The molecule has 0 radical (unpaired) electrons. The lowest BCUT2D eigenvalue weighted by atomic mass is 10.0. The van der Waals surface area contributed by atoms with E-state index in [0.717, 1.165) is 0 Å². The maximum Gasteiger partial charge on any atom is 0.339 e. The van der Waals surface area contributed by atoms with Crippen molar-refractivity contribution in [2.24, 2.45) is 0 Å². The van der Waals surface area contributed by atoms with Crippen molar-refractivity contribution >= 4 is 17.6 Å². The Morgan fingerprint density at radius 3 is 2.64 bits per heavy atom. The van der Waals surface area contributed by atoms with Crippen molar-refractivity contribution in [3.63, 3.8) is 0 Å². The molecule has 0 unspecified atom stereocenters. The fraction of sp³-hybridized carbons (Fsp3) is 0.429. The summed E-state index contributed by atoms with van der Waals surface area (Å²) >= 11 is 0. The third-order valence-corrected chi connectivity index (χ3v) is 3.25. The first kappa shape index (κ1) is 15.9. The highest BCUT2D eigenvalue weighted by molar-refractivity contribution is 6.08. The zero-order chi connectivity index (χ0) is 16.1. The van der Waals surface area contributed by atoms with Gasteiger partial charge < -0.3 is 14.4 Å². The molecule has 8 nitrogen and oxygen atoms in total. The van der Waals surface area contributed by atoms with E-state index in [1.54, 1.807) is 6.92 Å². The molecule has 1 heterocycles. The number of morpholine rings is 1. The van der Waals surface area contributed by atoms with Crippen molar-refractivity contribution < 1.29 is 24.0 Å². The van der Waals surface area contributed by atoms with E-state index in [-0.39, 0.29) is 17.7 Å². The molecule has 0 N–H and O–H groups in total. The number of nitro groups is 1. The molecule has 1 aromatic carbocycles. The number of nitrogens with zero attached hydrogens (tertiary/aromatic N) is 2. The van der Waals surface area contributed by atoms with E-state index in [2.05, 4.69) is 0 Å². The standard InChI is InChI=1S/C14H16N2O6/c1-2-22-14(18)10-4-3-5-11(16(19)20)12(10)13(17)15-6-8-21-9-7-15/h3-5H,2,6-9H2,1H3. The molecule has 0 atom stereocenters. The first-order chi connectivity index (χ1) is 10.6. The molecule has 22 heavy (non-hydrogen) atoms. The van der Waals surface area contributed by atoms with Gasteiger partial charge in [0.15, 0.2) is 0 Å². The number of ether oxygens (including phenoxy) is 2. The molecule has 0 saturated carbocycles. The topological polar surface area (TPSA) is 99.0 Å². The van der Waals surface area contributed by atoms with Crippen LogP contribution in [0.25, 0.3) is 0 Å². The van der Waals surface area contributed by atoms with Gasteiger partial charge in [0.2, 0.25) is 0 Å². The van der Waals surface area contributed by atoms with Crippen molar-refractivity contribution in [3.05, 3.63) is 39.4 Å². The van der Waals surface area contributed by atoms with E-state index in [1.807, 2.05) is 0 Å². The quantitative estimate of drug-likeness (QED) is 0.471. The van der Waals surface area contributed by atoms with E-state index in [4.69, 9.17) is 9.47 Å². The second-order valence-electron chi connectivity index (χ2n) is 4.58. The van der Waals surface area contributed by atoms with Crippen molar-refractivity contribution in [2.45, 2.75) is 6.92 Å². The number of rotatable bonds is 4. The summed E-state index contributed by atoms with van der Waals surface area (Å²) < 4.78 is 10.0. The highest BCUT2D eigenvalue weighted by atomic mass is 16.6. The highest BCUT2D eigenvalue weighted by Crippen LogP contribution is 2.25. The first-order valence-corrected chi connectivity index (χ1v) is 6.87. The minimum Gasteiger partial charge on any atom is -0.462 e. The van der Waals surface area contributed by atoms with Crippen molar-refractivity contribution in [3.8, 4) is 0 Å². The third-order valence-electron chi connectivity index (χ3n) is 3.25. The molecule has 0 spiro atoms. The lowest BCUT2D eigenvalue weighted by Crippen LogP contribution is -2.41. The number of carbonyl (C=O) groups excluding carboxylic acids is 2. The third kappa shape index (κ3) is 3.22. The molecule has 8 heteroatoms. The minimum atomic E-state index is -0.747. The van der Waals surface area contributed by atoms with Crippen LogP contribution in [0.15, 0.2) is 18.2 Å². The molecule has 0 aliphatic carbocycles. The fourth-order valence-corrected chi connectivity index (χ4v) is 2.22. The molecular formula is C14H16N2O6. The summed E-state index contributed by atoms with van der Waals surface area (Å²) in [4.78, 5) is 36.6. The number of esters is 1. The van der Waals surface area contributed by atoms with Crippen LogP contribution in [0.5, 0.6) is 0 Å². The van der Waals surface area contributed by atoms with Gasteiger partial charge in [-0.2, -0.15) is 0 Å². The zero-order valence-electron chi connectivity index (χ0n) is 12.1. The molecular weight excluding hydrogens is 292 g/mol. The molecule has 1 aliphatic rings. The summed E-state index contributed by atoms with van der Waals surface area (Å²) in [6.07, 6.45) is 0. The lowest BCUT2D eigenvalue weighted by molar-refractivity contribution is -0.385. The Labute approximate surface area is 126 Å². The van der Waals surface area contributed by atoms with Gasteiger partial charge in [-0.25, -0.2) is 4.79 Å². The van der Waals surface area contributed by atoms with Crippen LogP contribution in [-0.4, -0.2) is 54.6 Å². The monoisotopic (exact) mass is 308 g/mol. The Morgan fingerprint density at radius 1 is 1.36 bits per heavy atom. The number of nitro benzene ring substituents is 1. The molecule has 1 saturated heterocycles. The normalized spacial score (nSPS) is 14.5. The summed E-state index contributed by atoms with van der Waals surface area (Å²) in [6, 6.07) is 3.93. The Kier molecular flexibility index (Phi) is 5.05. The smallest absolute Gasteiger partial charge is 0.339 e.